The largest absolute Gasteiger partial charge is 0.507 e. The van der Waals surface area contributed by atoms with Crippen molar-refractivity contribution in [3.63, 3.8) is 0 Å². The standard InChI is InChI=1S/C20H20N2O6/c1-27-10-9-22-17(13-3-4-15(28-2)14(23)11-13)16(19(25)20(22)26)18(24)12-5-7-21-8-6-12/h3-8,11,17,23-24H,9-10H2,1-2H3/b18-16-. The van der Waals surface area contributed by atoms with Gasteiger partial charge in [0, 0.05) is 31.6 Å². The van der Waals surface area contributed by atoms with E-state index < -0.39 is 17.7 Å². The van der Waals surface area contributed by atoms with Crippen LogP contribution in [0, 0.1) is 0 Å². The molecule has 1 amide bonds. The van der Waals surface area contributed by atoms with Crippen LogP contribution in [-0.2, 0) is 14.3 Å². The summed E-state index contributed by atoms with van der Waals surface area (Å²) in [6.07, 6.45) is 2.95. The number of ketones is 1. The van der Waals surface area contributed by atoms with Gasteiger partial charge in [-0.2, -0.15) is 0 Å². The van der Waals surface area contributed by atoms with Crippen molar-refractivity contribution in [1.82, 2.24) is 9.88 Å². The smallest absolute Gasteiger partial charge is 0.295 e. The first-order chi connectivity index (χ1) is 13.5. The summed E-state index contributed by atoms with van der Waals surface area (Å²) < 4.78 is 10.1. The van der Waals surface area contributed by atoms with Gasteiger partial charge in [0.15, 0.2) is 11.5 Å². The zero-order valence-corrected chi connectivity index (χ0v) is 15.5. The van der Waals surface area contributed by atoms with Crippen LogP contribution in [0.2, 0.25) is 0 Å². The van der Waals surface area contributed by atoms with Crippen molar-refractivity contribution in [3.8, 4) is 11.5 Å². The van der Waals surface area contributed by atoms with Crippen molar-refractivity contribution < 1.29 is 29.3 Å². The fourth-order valence-electron chi connectivity index (χ4n) is 3.19. The summed E-state index contributed by atoms with van der Waals surface area (Å²) in [5, 5.41) is 20.9. The van der Waals surface area contributed by atoms with Crippen LogP contribution in [0.4, 0.5) is 0 Å². The minimum Gasteiger partial charge on any atom is -0.507 e. The number of hydrogen-bond acceptors (Lipinski definition) is 7. The van der Waals surface area contributed by atoms with E-state index in [1.165, 1.54) is 43.6 Å². The maximum Gasteiger partial charge on any atom is 0.295 e. The number of rotatable bonds is 6. The minimum absolute atomic E-state index is 0.0585. The number of aromatic nitrogens is 1. The van der Waals surface area contributed by atoms with Gasteiger partial charge in [-0.05, 0) is 29.8 Å². The molecule has 1 aliphatic rings. The van der Waals surface area contributed by atoms with Gasteiger partial charge in [0.05, 0.1) is 25.3 Å². The summed E-state index contributed by atoms with van der Waals surface area (Å²) in [7, 11) is 2.91. The number of Topliss-reactive ketones (excluding diaryl/α,β-unsaturated/α-hetero) is 1. The van der Waals surface area contributed by atoms with Crippen molar-refractivity contribution in [2.24, 2.45) is 0 Å². The van der Waals surface area contributed by atoms with Crippen LogP contribution in [0.1, 0.15) is 17.2 Å². The van der Waals surface area contributed by atoms with Gasteiger partial charge in [0.1, 0.15) is 5.76 Å². The topological polar surface area (TPSA) is 109 Å². The lowest BCUT2D eigenvalue weighted by Gasteiger charge is -2.25. The average molecular weight is 384 g/mol. The van der Waals surface area contributed by atoms with Gasteiger partial charge in [-0.3, -0.25) is 14.6 Å². The van der Waals surface area contributed by atoms with E-state index >= 15 is 0 Å². The van der Waals surface area contributed by atoms with E-state index in [0.717, 1.165) is 0 Å². The van der Waals surface area contributed by atoms with Crippen molar-refractivity contribution >= 4 is 17.4 Å². The lowest BCUT2D eigenvalue weighted by Crippen LogP contribution is -2.32. The summed E-state index contributed by atoms with van der Waals surface area (Å²) in [6.45, 7) is 0.354. The molecular weight excluding hydrogens is 364 g/mol. The highest BCUT2D eigenvalue weighted by molar-refractivity contribution is 6.46. The molecule has 1 unspecified atom stereocenters. The van der Waals surface area contributed by atoms with Gasteiger partial charge in [-0.1, -0.05) is 6.07 Å². The van der Waals surface area contributed by atoms with E-state index in [0.29, 0.717) is 11.1 Å². The van der Waals surface area contributed by atoms with Crippen molar-refractivity contribution in [2.45, 2.75) is 6.04 Å². The Morgan fingerprint density at radius 2 is 1.89 bits per heavy atom. The van der Waals surface area contributed by atoms with Gasteiger partial charge >= 0.3 is 0 Å². The van der Waals surface area contributed by atoms with Gasteiger partial charge in [0.2, 0.25) is 0 Å². The van der Waals surface area contributed by atoms with Crippen molar-refractivity contribution in [1.29, 1.82) is 0 Å². The van der Waals surface area contributed by atoms with Gasteiger partial charge in [-0.25, -0.2) is 0 Å². The lowest BCUT2D eigenvalue weighted by molar-refractivity contribution is -0.140. The summed E-state index contributed by atoms with van der Waals surface area (Å²) in [6, 6.07) is 6.79. The molecule has 0 spiro atoms. The second kappa shape index (κ2) is 8.10. The molecule has 0 saturated carbocycles. The van der Waals surface area contributed by atoms with Crippen LogP contribution in [0.25, 0.3) is 5.76 Å². The molecule has 1 aromatic heterocycles. The third kappa shape index (κ3) is 3.41. The molecule has 8 heteroatoms. The monoisotopic (exact) mass is 384 g/mol. The normalized spacial score (nSPS) is 18.5. The molecule has 1 aliphatic heterocycles. The molecule has 1 fully saturated rings. The minimum atomic E-state index is -0.875. The Hall–Kier alpha value is -3.39. The molecule has 1 aromatic carbocycles. The van der Waals surface area contributed by atoms with E-state index in [4.69, 9.17) is 9.47 Å². The van der Waals surface area contributed by atoms with Crippen LogP contribution in [0.15, 0.2) is 48.3 Å². The van der Waals surface area contributed by atoms with Gasteiger partial charge in [-0.15, -0.1) is 0 Å². The summed E-state index contributed by atoms with van der Waals surface area (Å²) in [5.41, 5.74) is 0.767. The number of carbonyl (C=O) groups is 2. The molecule has 2 N–H and O–H groups in total. The van der Waals surface area contributed by atoms with Crippen LogP contribution in [0.5, 0.6) is 11.5 Å². The number of aliphatic hydroxyl groups is 1. The Kier molecular flexibility index (Phi) is 5.60. The van der Waals surface area contributed by atoms with Crippen LogP contribution < -0.4 is 4.74 Å². The summed E-state index contributed by atoms with van der Waals surface area (Å²) in [4.78, 5) is 30.6. The molecule has 1 atom stereocenters. The number of pyridine rings is 1. The quantitative estimate of drug-likeness (QED) is 0.444. The Morgan fingerprint density at radius 3 is 2.50 bits per heavy atom. The lowest BCUT2D eigenvalue weighted by atomic mass is 9.95. The molecule has 1 saturated heterocycles. The van der Waals surface area contributed by atoms with Crippen molar-refractivity contribution in [2.75, 3.05) is 27.4 Å². The predicted octanol–water partition coefficient (Wildman–Crippen LogP) is 1.86. The highest BCUT2D eigenvalue weighted by atomic mass is 16.5. The Morgan fingerprint density at radius 1 is 1.18 bits per heavy atom. The highest BCUT2D eigenvalue weighted by Gasteiger charge is 2.46. The number of phenols is 1. The molecule has 8 nitrogen and oxygen atoms in total. The SMILES string of the molecule is COCCN1C(=O)C(=O)/C(=C(\O)c2ccncc2)C1c1ccc(OC)c(O)c1. The average Bonchev–Trinajstić information content (AvgIpc) is 2.97. The number of aromatic hydroxyl groups is 1. The van der Waals surface area contributed by atoms with E-state index in [1.54, 1.807) is 18.2 Å². The Labute approximate surface area is 161 Å². The zero-order valence-electron chi connectivity index (χ0n) is 15.5. The number of carbonyl (C=O) groups excluding carboxylic acids is 2. The number of benzene rings is 1. The number of methoxy groups -OCH3 is 2. The van der Waals surface area contributed by atoms with Crippen LogP contribution >= 0.6 is 0 Å². The van der Waals surface area contributed by atoms with Crippen LogP contribution in [0.3, 0.4) is 0 Å². The first-order valence-electron chi connectivity index (χ1n) is 8.54. The number of likely N-dealkylation sites (tertiary alicyclic amines) is 1. The number of phenolic OH excluding ortho intramolecular Hbond substituents is 1. The van der Waals surface area contributed by atoms with E-state index in [-0.39, 0.29) is 36.0 Å². The molecule has 28 heavy (non-hydrogen) atoms. The Bertz CT molecular complexity index is 926. The van der Waals surface area contributed by atoms with Gasteiger partial charge in [0.25, 0.3) is 11.7 Å². The molecule has 0 radical (unpaired) electrons. The maximum absolute atomic E-state index is 12.7. The molecular formula is C20H20N2O6. The van der Waals surface area contributed by atoms with Crippen LogP contribution in [-0.4, -0.2) is 59.2 Å². The van der Waals surface area contributed by atoms with Gasteiger partial charge < -0.3 is 24.6 Å². The maximum atomic E-state index is 12.7. The zero-order chi connectivity index (χ0) is 20.3. The number of hydrogen-bond donors (Lipinski definition) is 2. The molecule has 3 rings (SSSR count). The second-order valence-corrected chi connectivity index (χ2v) is 6.15. The van der Waals surface area contributed by atoms with Crippen molar-refractivity contribution in [3.05, 3.63) is 59.4 Å². The summed E-state index contributed by atoms with van der Waals surface area (Å²) in [5.74, 6) is -1.73. The van der Waals surface area contributed by atoms with E-state index in [9.17, 15) is 19.8 Å². The third-order valence-electron chi connectivity index (χ3n) is 4.55. The first-order valence-corrected chi connectivity index (χ1v) is 8.54. The number of nitrogens with zero attached hydrogens (tertiary/aromatic N) is 2. The molecule has 0 bridgehead atoms. The fraction of sp³-hybridized carbons (Fsp3) is 0.250. The Balaban J connectivity index is 2.17. The fourth-order valence-corrected chi connectivity index (χ4v) is 3.19. The number of ether oxygens (including phenoxy) is 2. The highest BCUT2D eigenvalue weighted by Crippen LogP contribution is 2.41. The van der Waals surface area contributed by atoms with E-state index in [1.807, 2.05) is 0 Å². The molecule has 0 aliphatic carbocycles. The molecule has 146 valence electrons. The number of aliphatic hydroxyl groups excluding tert-OH is 1. The number of amides is 1. The molecule has 2 aromatic rings. The second-order valence-electron chi connectivity index (χ2n) is 6.15. The summed E-state index contributed by atoms with van der Waals surface area (Å²) >= 11 is 0. The van der Waals surface area contributed by atoms with E-state index in [2.05, 4.69) is 4.98 Å². The third-order valence-corrected chi connectivity index (χ3v) is 4.55. The first kappa shape index (κ1) is 19.4. The predicted molar refractivity (Wildman–Crippen MR) is 99.8 cm³/mol. The molecule has 2 heterocycles.